The number of nitro benzene ring substituents is 1. The van der Waals surface area contributed by atoms with Gasteiger partial charge in [-0.15, -0.1) is 0 Å². The lowest BCUT2D eigenvalue weighted by Gasteiger charge is -2.42. The number of rotatable bonds is 26. The summed E-state index contributed by atoms with van der Waals surface area (Å²) in [6.07, 6.45) is -2.09. The van der Waals surface area contributed by atoms with Gasteiger partial charge in [-0.1, -0.05) is 103 Å². The summed E-state index contributed by atoms with van der Waals surface area (Å²) in [5.41, 5.74) is 0.706. The number of methoxy groups -OCH3 is 2. The number of amides is 1. The molecule has 1 fully saturated rings. The summed E-state index contributed by atoms with van der Waals surface area (Å²) in [5, 5.41) is 13.6. The topological polar surface area (TPSA) is 215 Å². The van der Waals surface area contributed by atoms with Crippen molar-refractivity contribution in [2.75, 3.05) is 32.9 Å². The Morgan fingerprint density at radius 3 is 1.80 bits per heavy atom. The number of aromatic nitrogens is 2. The molecule has 1 N–H and O–H groups in total. The number of nitrogens with zero attached hydrogens (tertiary/aromatic N) is 3. The lowest BCUT2D eigenvalue weighted by Crippen LogP contribution is -2.49. The van der Waals surface area contributed by atoms with Crippen molar-refractivity contribution in [1.82, 2.24) is 9.55 Å². The van der Waals surface area contributed by atoms with Gasteiger partial charge < -0.3 is 42.9 Å². The van der Waals surface area contributed by atoms with E-state index in [0.29, 0.717) is 30.8 Å². The molecular weight excluding hydrogens is 969 g/mol. The van der Waals surface area contributed by atoms with Crippen molar-refractivity contribution in [3.8, 4) is 17.2 Å². The first-order valence-corrected chi connectivity index (χ1v) is 27.0. The number of hydrogen-bond donors (Lipinski definition) is 1. The first-order valence-electron chi connectivity index (χ1n) is 24.8. The Hall–Kier alpha value is -6.77. The van der Waals surface area contributed by atoms with E-state index in [1.165, 1.54) is 48.0 Å². The van der Waals surface area contributed by atoms with Crippen molar-refractivity contribution in [3.05, 3.63) is 153 Å². The highest BCUT2D eigenvalue weighted by Crippen LogP contribution is 2.45. The fourth-order valence-electron chi connectivity index (χ4n) is 9.99. The molecule has 0 radical (unpaired) electrons. The molecule has 396 valence electrons. The monoisotopic (exact) mass is 1040 g/mol. The molecule has 18 nitrogen and oxygen atoms in total. The van der Waals surface area contributed by atoms with Crippen LogP contribution in [0.4, 0.5) is 11.5 Å². The average Bonchev–Trinajstić information content (AvgIpc) is 3.70. The van der Waals surface area contributed by atoms with Crippen LogP contribution in [-0.4, -0.2) is 86.6 Å². The van der Waals surface area contributed by atoms with Crippen LogP contribution in [0.1, 0.15) is 103 Å². The number of nitrogens with one attached hydrogen (secondary N) is 1. The molecule has 19 heteroatoms. The highest BCUT2D eigenvalue weighted by molar-refractivity contribution is 6.77. The van der Waals surface area contributed by atoms with Crippen LogP contribution in [0.15, 0.2) is 120 Å². The third kappa shape index (κ3) is 13.5. The van der Waals surface area contributed by atoms with Gasteiger partial charge in [0.2, 0.25) is 14.2 Å². The number of carbonyl (C=O) groups is 3. The number of non-ortho nitro benzene ring substituents is 1. The van der Waals surface area contributed by atoms with Gasteiger partial charge in [0.05, 0.1) is 25.7 Å². The minimum Gasteiger partial charge on any atom is -0.497 e. The molecule has 1 saturated heterocycles. The van der Waals surface area contributed by atoms with Crippen molar-refractivity contribution in [2.24, 2.45) is 0 Å². The van der Waals surface area contributed by atoms with E-state index < -0.39 is 66.9 Å². The van der Waals surface area contributed by atoms with E-state index in [1.807, 2.05) is 78.9 Å². The molecule has 0 aliphatic carbocycles. The van der Waals surface area contributed by atoms with Gasteiger partial charge in [-0.2, -0.15) is 4.98 Å². The SMILES string of the molecule is COc1ccc(C(OC[C@H]2O[C@@H](n3ccc(NC(C)=O)nc3=O)[C@H](OC(=O)CCCCCC(=O)Oc3ccc([N+](=O)[O-])cc3)[C@@H]2OCO[Si](C(C)C)(C(C)C)C(C)C)(c2ccccc2)c2ccc(OC)cc2)cc1. The van der Waals surface area contributed by atoms with Crippen LogP contribution in [0.25, 0.3) is 0 Å². The first kappa shape index (κ1) is 56.5. The lowest BCUT2D eigenvalue weighted by atomic mass is 9.80. The number of benzene rings is 4. The summed E-state index contributed by atoms with van der Waals surface area (Å²) in [6, 6.07) is 31.5. The van der Waals surface area contributed by atoms with E-state index >= 15 is 0 Å². The van der Waals surface area contributed by atoms with Crippen LogP contribution in [0, 0.1) is 10.1 Å². The second-order valence-corrected chi connectivity index (χ2v) is 24.5. The number of carbonyl (C=O) groups excluding carboxylic acids is 3. The predicted molar refractivity (Wildman–Crippen MR) is 279 cm³/mol. The van der Waals surface area contributed by atoms with Gasteiger partial charge in [-0.05, 0) is 88.6 Å². The Morgan fingerprint density at radius 2 is 1.28 bits per heavy atom. The zero-order chi connectivity index (χ0) is 53.6. The van der Waals surface area contributed by atoms with Crippen LogP contribution >= 0.6 is 0 Å². The number of esters is 2. The Kier molecular flexibility index (Phi) is 19.8. The second kappa shape index (κ2) is 25.9. The number of hydrogen-bond acceptors (Lipinski definition) is 15. The molecule has 6 rings (SSSR count). The predicted octanol–water partition coefficient (Wildman–Crippen LogP) is 10.0. The molecule has 0 bridgehead atoms. The molecule has 0 saturated carbocycles. The summed E-state index contributed by atoms with van der Waals surface area (Å²) in [7, 11) is 0.662. The van der Waals surface area contributed by atoms with Crippen LogP contribution in [0.5, 0.6) is 17.2 Å². The van der Waals surface area contributed by atoms with E-state index in [1.54, 1.807) is 14.2 Å². The zero-order valence-corrected chi connectivity index (χ0v) is 44.5. The van der Waals surface area contributed by atoms with Crippen molar-refractivity contribution >= 4 is 37.7 Å². The molecule has 1 aromatic heterocycles. The highest BCUT2D eigenvalue weighted by atomic mass is 28.4. The zero-order valence-electron chi connectivity index (χ0n) is 43.5. The average molecular weight is 1040 g/mol. The van der Waals surface area contributed by atoms with Crippen molar-refractivity contribution < 1.29 is 56.9 Å². The van der Waals surface area contributed by atoms with Crippen LogP contribution in [-0.2, 0) is 43.4 Å². The van der Waals surface area contributed by atoms with E-state index in [-0.39, 0.29) is 60.1 Å². The van der Waals surface area contributed by atoms with Crippen LogP contribution < -0.4 is 25.2 Å². The maximum atomic E-state index is 14.1. The lowest BCUT2D eigenvalue weighted by molar-refractivity contribution is -0.384. The van der Waals surface area contributed by atoms with Crippen molar-refractivity contribution in [1.29, 1.82) is 0 Å². The molecule has 1 amide bonds. The molecule has 74 heavy (non-hydrogen) atoms. The third-order valence-electron chi connectivity index (χ3n) is 13.4. The fourth-order valence-corrected chi connectivity index (χ4v) is 15.3. The molecular formula is C55H68N4O14Si. The number of anilines is 1. The molecule has 4 atom stereocenters. The van der Waals surface area contributed by atoms with Crippen molar-refractivity contribution in [3.63, 3.8) is 0 Å². The second-order valence-electron chi connectivity index (χ2n) is 19.0. The molecule has 0 unspecified atom stereocenters. The molecule has 5 aromatic rings. The fraction of sp³-hybridized carbons (Fsp3) is 0.436. The molecule has 1 aliphatic rings. The quantitative estimate of drug-likeness (QED) is 0.00797. The maximum Gasteiger partial charge on any atom is 0.351 e. The van der Waals surface area contributed by atoms with Crippen LogP contribution in [0.2, 0.25) is 16.6 Å². The van der Waals surface area contributed by atoms with Crippen LogP contribution in [0.3, 0.4) is 0 Å². The van der Waals surface area contributed by atoms with E-state index in [9.17, 15) is 29.3 Å². The number of unbranched alkanes of at least 4 members (excludes halogenated alkanes) is 2. The van der Waals surface area contributed by atoms with E-state index in [4.69, 9.17) is 37.6 Å². The summed E-state index contributed by atoms with van der Waals surface area (Å²) in [6.45, 7) is 13.9. The summed E-state index contributed by atoms with van der Waals surface area (Å²) < 4.78 is 51.9. The first-order chi connectivity index (χ1) is 35.4. The Morgan fingerprint density at radius 1 is 0.743 bits per heavy atom. The van der Waals surface area contributed by atoms with Gasteiger partial charge in [0, 0.05) is 38.1 Å². The number of ether oxygens (including phenoxy) is 7. The third-order valence-corrected chi connectivity index (χ3v) is 19.4. The summed E-state index contributed by atoms with van der Waals surface area (Å²) in [4.78, 5) is 67.2. The Balaban J connectivity index is 1.35. The van der Waals surface area contributed by atoms with Gasteiger partial charge in [-0.25, -0.2) is 4.79 Å². The van der Waals surface area contributed by atoms with Gasteiger partial charge in [0.25, 0.3) is 5.69 Å². The standard InChI is InChI=1S/C55H68N4O14Si/c1-36(2)74(37(3)4,38(5)6)70-35-68-51-47(34-69-55(40-16-12-10-13-17-40,41-20-26-44(66-8)27-21-41)42-22-28-45(67-9)29-23-42)72-53(58-33-32-48(56-39(7)60)57-54(58)63)52(51)73-50(62)19-15-11-14-18-49(61)71-46-30-24-43(25-31-46)59(64)65/h10,12-13,16-17,20-33,36-38,47,51-53H,11,14-15,18-19,34-35H2,1-9H3,(H,56,57,60,63)/t47-,51-,52-,53-/m1/s1. The molecule has 4 aromatic carbocycles. The van der Waals surface area contributed by atoms with Gasteiger partial charge in [0.1, 0.15) is 47.7 Å². The van der Waals surface area contributed by atoms with E-state index in [2.05, 4.69) is 51.8 Å². The Bertz CT molecular complexity index is 2630. The summed E-state index contributed by atoms with van der Waals surface area (Å²) >= 11 is 0. The molecule has 0 spiro atoms. The minimum atomic E-state index is -2.53. The molecule has 2 heterocycles. The Labute approximate surface area is 432 Å². The number of nitro groups is 1. The maximum absolute atomic E-state index is 14.1. The smallest absolute Gasteiger partial charge is 0.351 e. The minimum absolute atomic E-state index is 0.0204. The van der Waals surface area contributed by atoms with Crippen molar-refractivity contribution in [2.45, 2.75) is 127 Å². The summed E-state index contributed by atoms with van der Waals surface area (Å²) in [5.74, 6) is -0.0897. The van der Waals surface area contributed by atoms with Gasteiger partial charge in [-0.3, -0.25) is 29.1 Å². The van der Waals surface area contributed by atoms with E-state index in [0.717, 1.165) is 16.7 Å². The normalized spacial score (nSPS) is 16.8. The highest BCUT2D eigenvalue weighted by Gasteiger charge is 2.52. The molecule has 1 aliphatic heterocycles. The van der Waals surface area contributed by atoms with Gasteiger partial charge >= 0.3 is 17.6 Å². The largest absolute Gasteiger partial charge is 0.497 e. The van der Waals surface area contributed by atoms with Gasteiger partial charge in [0.15, 0.2) is 12.3 Å².